The Morgan fingerprint density at radius 1 is 1.11 bits per heavy atom. The van der Waals surface area contributed by atoms with Crippen LogP contribution >= 0.6 is 11.8 Å². The molecule has 146 valence electrons. The number of hydrogen-bond donors (Lipinski definition) is 0. The van der Waals surface area contributed by atoms with Gasteiger partial charge in [0.25, 0.3) is 0 Å². The van der Waals surface area contributed by atoms with E-state index in [1.807, 2.05) is 11.8 Å². The van der Waals surface area contributed by atoms with Crippen molar-refractivity contribution in [1.29, 1.82) is 0 Å². The Balaban J connectivity index is 0.00000261. The lowest BCUT2D eigenvalue weighted by atomic mass is 10.1. The average molecular weight is 495 g/mol. The molecule has 5 heteroatoms. The molecule has 0 bridgehead atoms. The number of anilines is 1. The summed E-state index contributed by atoms with van der Waals surface area (Å²) in [6, 6.07) is 10.9. The predicted octanol–water partition coefficient (Wildman–Crippen LogP) is 2.41. The van der Waals surface area contributed by atoms with Crippen LogP contribution in [0.3, 0.4) is 0 Å². The summed E-state index contributed by atoms with van der Waals surface area (Å²) in [6.07, 6.45) is 8.76. The number of fused-ring (bicyclic) bond motifs is 1. The maximum Gasteiger partial charge on any atom is 0.325 e. The molecule has 0 amide bonds. The van der Waals surface area contributed by atoms with E-state index in [2.05, 4.69) is 73.7 Å². The van der Waals surface area contributed by atoms with Crippen molar-refractivity contribution >= 4 is 23.5 Å². The van der Waals surface area contributed by atoms with Crippen LogP contribution in [0.25, 0.3) is 6.08 Å². The van der Waals surface area contributed by atoms with E-state index in [9.17, 15) is 0 Å². The second-order valence-electron chi connectivity index (χ2n) is 7.07. The van der Waals surface area contributed by atoms with Crippen molar-refractivity contribution in [3.05, 3.63) is 52.6 Å². The fourth-order valence-electron chi connectivity index (χ4n) is 3.37. The SMILES string of the molecule is CCCCCCCN1C(=Cc2nc(C)cc(C)[n+]2C)Sc2ccccc21.[I-]. The molecule has 3 nitrogen and oxygen atoms in total. The zero-order valence-electron chi connectivity index (χ0n) is 16.8. The van der Waals surface area contributed by atoms with E-state index >= 15 is 0 Å². The van der Waals surface area contributed by atoms with Crippen LogP contribution in [-0.2, 0) is 7.05 Å². The predicted molar refractivity (Wildman–Crippen MR) is 111 cm³/mol. The summed E-state index contributed by atoms with van der Waals surface area (Å²) in [5.74, 6) is 1.02. The number of benzene rings is 1. The Bertz CT molecular complexity index is 804. The number of para-hydroxylation sites is 1. The summed E-state index contributed by atoms with van der Waals surface area (Å²) in [4.78, 5) is 8.59. The third kappa shape index (κ3) is 5.47. The molecule has 0 radical (unpaired) electrons. The molecule has 0 saturated heterocycles. The van der Waals surface area contributed by atoms with Crippen molar-refractivity contribution in [2.24, 2.45) is 7.05 Å². The topological polar surface area (TPSA) is 20.0 Å². The molecule has 2 heterocycles. The van der Waals surface area contributed by atoms with E-state index in [4.69, 9.17) is 4.98 Å². The molecule has 27 heavy (non-hydrogen) atoms. The van der Waals surface area contributed by atoms with Crippen molar-refractivity contribution in [2.45, 2.75) is 57.8 Å². The number of halogens is 1. The molecular formula is C22H30IN3S. The van der Waals surface area contributed by atoms with Gasteiger partial charge in [0.05, 0.1) is 23.8 Å². The first-order chi connectivity index (χ1) is 12.6. The summed E-state index contributed by atoms with van der Waals surface area (Å²) >= 11 is 1.86. The quantitative estimate of drug-likeness (QED) is 0.334. The van der Waals surface area contributed by atoms with E-state index in [1.165, 1.54) is 53.4 Å². The van der Waals surface area contributed by atoms with Gasteiger partial charge in [0, 0.05) is 24.4 Å². The van der Waals surface area contributed by atoms with Gasteiger partial charge in [-0.3, -0.25) is 0 Å². The van der Waals surface area contributed by atoms with Crippen molar-refractivity contribution < 1.29 is 28.5 Å². The van der Waals surface area contributed by atoms with Crippen molar-refractivity contribution in [3.8, 4) is 0 Å². The highest BCUT2D eigenvalue weighted by molar-refractivity contribution is 8.03. The van der Waals surface area contributed by atoms with Crippen molar-refractivity contribution in [2.75, 3.05) is 11.4 Å². The zero-order chi connectivity index (χ0) is 18.5. The average Bonchev–Trinajstić information content (AvgIpc) is 2.96. The van der Waals surface area contributed by atoms with Crippen molar-refractivity contribution in [1.82, 2.24) is 4.98 Å². The Morgan fingerprint density at radius 3 is 2.63 bits per heavy atom. The molecule has 0 aliphatic carbocycles. The van der Waals surface area contributed by atoms with E-state index < -0.39 is 0 Å². The molecule has 1 aromatic heterocycles. The second-order valence-corrected chi connectivity index (χ2v) is 8.14. The number of nitrogens with zero attached hydrogens (tertiary/aromatic N) is 3. The van der Waals surface area contributed by atoms with Crippen LogP contribution in [0.15, 0.2) is 40.3 Å². The molecule has 1 aliphatic rings. The largest absolute Gasteiger partial charge is 1.00 e. The maximum absolute atomic E-state index is 4.76. The molecule has 0 spiro atoms. The van der Waals surface area contributed by atoms with E-state index in [0.29, 0.717) is 0 Å². The Hall–Kier alpha value is -1.08. The molecule has 2 aromatic rings. The monoisotopic (exact) mass is 495 g/mol. The Morgan fingerprint density at radius 2 is 1.85 bits per heavy atom. The second kappa shape index (κ2) is 10.5. The van der Waals surface area contributed by atoms with Crippen LogP contribution in [0.5, 0.6) is 0 Å². The molecule has 1 aromatic carbocycles. The highest BCUT2D eigenvalue weighted by Gasteiger charge is 2.26. The van der Waals surface area contributed by atoms with Gasteiger partial charge in [-0.15, -0.1) is 0 Å². The number of aryl methyl sites for hydroxylation is 2. The molecule has 3 rings (SSSR count). The minimum Gasteiger partial charge on any atom is -1.00 e. The normalized spacial score (nSPS) is 14.4. The van der Waals surface area contributed by atoms with Gasteiger partial charge in [0.1, 0.15) is 5.69 Å². The summed E-state index contributed by atoms with van der Waals surface area (Å²) in [7, 11) is 2.09. The highest BCUT2D eigenvalue weighted by Crippen LogP contribution is 2.46. The fourth-order valence-corrected chi connectivity index (χ4v) is 4.49. The van der Waals surface area contributed by atoms with E-state index in [-0.39, 0.29) is 24.0 Å². The summed E-state index contributed by atoms with van der Waals surface area (Å²) in [6.45, 7) is 7.55. The standard InChI is InChI=1S/C22H30N3S.HI/c1-5-6-7-8-11-14-25-19-12-9-10-13-20(19)26-22(25)16-21-23-17(2)15-18(3)24(21)4;/h9-10,12-13,15-16H,5-8,11,14H2,1-4H3;1H/q+1;/p-1. The molecule has 0 fully saturated rings. The summed E-state index contributed by atoms with van der Waals surface area (Å²) in [5.41, 5.74) is 3.64. The first-order valence-electron chi connectivity index (χ1n) is 9.70. The van der Waals surface area contributed by atoms with Gasteiger partial charge in [-0.1, -0.05) is 56.5 Å². The lowest BCUT2D eigenvalue weighted by Gasteiger charge is -2.20. The van der Waals surface area contributed by atoms with E-state index in [0.717, 1.165) is 18.1 Å². The van der Waals surface area contributed by atoms with Gasteiger partial charge in [0.15, 0.2) is 5.69 Å². The zero-order valence-corrected chi connectivity index (χ0v) is 19.8. The highest BCUT2D eigenvalue weighted by atomic mass is 127. The van der Waals surface area contributed by atoms with Gasteiger partial charge in [-0.2, -0.15) is 0 Å². The van der Waals surface area contributed by atoms with Gasteiger partial charge < -0.3 is 28.9 Å². The third-order valence-corrected chi connectivity index (χ3v) is 6.07. The molecular weight excluding hydrogens is 465 g/mol. The lowest BCUT2D eigenvalue weighted by molar-refractivity contribution is -0.682. The fraction of sp³-hybridized carbons (Fsp3) is 0.455. The van der Waals surface area contributed by atoms with E-state index in [1.54, 1.807) is 0 Å². The first kappa shape index (κ1) is 22.2. The summed E-state index contributed by atoms with van der Waals surface area (Å²) in [5, 5.41) is 1.29. The van der Waals surface area contributed by atoms with Crippen LogP contribution in [0, 0.1) is 13.8 Å². The lowest BCUT2D eigenvalue weighted by Crippen LogP contribution is -3.00. The van der Waals surface area contributed by atoms with Crippen LogP contribution < -0.4 is 33.4 Å². The van der Waals surface area contributed by atoms with Crippen LogP contribution in [0.2, 0.25) is 0 Å². The van der Waals surface area contributed by atoms with Gasteiger partial charge >= 0.3 is 5.82 Å². The van der Waals surface area contributed by atoms with Crippen LogP contribution in [-0.4, -0.2) is 11.5 Å². The number of hydrogen-bond acceptors (Lipinski definition) is 3. The van der Waals surface area contributed by atoms with Crippen LogP contribution in [0.4, 0.5) is 5.69 Å². The van der Waals surface area contributed by atoms with Gasteiger partial charge in [-0.05, 0) is 30.5 Å². The van der Waals surface area contributed by atoms with Crippen LogP contribution in [0.1, 0.15) is 56.2 Å². The van der Waals surface area contributed by atoms with Gasteiger partial charge in [0.2, 0.25) is 0 Å². The maximum atomic E-state index is 4.76. The number of unbranched alkanes of at least 4 members (excludes halogenated alkanes) is 4. The Labute approximate surface area is 185 Å². The third-order valence-electron chi connectivity index (χ3n) is 4.96. The first-order valence-corrected chi connectivity index (χ1v) is 10.5. The Kier molecular flexibility index (Phi) is 8.61. The molecule has 0 N–H and O–H groups in total. The summed E-state index contributed by atoms with van der Waals surface area (Å²) < 4.78 is 2.17. The van der Waals surface area contributed by atoms with Crippen molar-refractivity contribution in [3.63, 3.8) is 0 Å². The molecule has 0 unspecified atom stereocenters. The molecule has 0 atom stereocenters. The number of aromatic nitrogens is 2. The number of thioether (sulfide) groups is 1. The number of rotatable bonds is 7. The minimum absolute atomic E-state index is 0. The van der Waals surface area contributed by atoms with Gasteiger partial charge in [-0.25, -0.2) is 4.57 Å². The minimum atomic E-state index is 0. The smallest absolute Gasteiger partial charge is 0.325 e. The molecule has 1 aliphatic heterocycles. The molecule has 0 saturated carbocycles.